The molecule has 0 aliphatic carbocycles. The lowest BCUT2D eigenvalue weighted by Crippen LogP contribution is -2.42. The van der Waals surface area contributed by atoms with Gasteiger partial charge >= 0.3 is 0 Å². The van der Waals surface area contributed by atoms with Crippen molar-refractivity contribution in [3.05, 3.63) is 23.3 Å². The van der Waals surface area contributed by atoms with Crippen LogP contribution in [0, 0.1) is 13.8 Å². The molecule has 21 heavy (non-hydrogen) atoms. The Balaban J connectivity index is 2.10. The van der Waals surface area contributed by atoms with Gasteiger partial charge in [-0.15, -0.1) is 0 Å². The van der Waals surface area contributed by atoms with Crippen LogP contribution in [0.2, 0.25) is 0 Å². The van der Waals surface area contributed by atoms with Crippen LogP contribution < -0.4 is 9.88 Å². The van der Waals surface area contributed by atoms with Crippen molar-refractivity contribution in [2.24, 2.45) is 5.14 Å². The number of hydrogen-bond acceptors (Lipinski definition) is 5. The molecular formula is C14H22N2O4S. The smallest absolute Gasteiger partial charge is 0.238 e. The van der Waals surface area contributed by atoms with Crippen molar-refractivity contribution >= 4 is 10.0 Å². The fourth-order valence-electron chi connectivity index (χ4n) is 2.45. The predicted molar refractivity (Wildman–Crippen MR) is 80.0 cm³/mol. The third kappa shape index (κ3) is 4.16. The zero-order valence-electron chi connectivity index (χ0n) is 12.6. The highest BCUT2D eigenvalue weighted by Gasteiger charge is 2.20. The summed E-state index contributed by atoms with van der Waals surface area (Å²) in [4.78, 5) is 2.31. The minimum Gasteiger partial charge on any atom is -0.490 e. The summed E-state index contributed by atoms with van der Waals surface area (Å²) in [6.07, 6.45) is 0.0282. The maximum atomic E-state index is 11.4. The number of benzene rings is 1. The van der Waals surface area contributed by atoms with Crippen LogP contribution in [0.4, 0.5) is 0 Å². The van der Waals surface area contributed by atoms with Crippen molar-refractivity contribution in [2.75, 3.05) is 33.4 Å². The number of likely N-dealkylation sites (N-methyl/N-ethyl adjacent to an activating group) is 1. The zero-order valence-corrected chi connectivity index (χ0v) is 13.4. The molecule has 118 valence electrons. The second-order valence-corrected chi connectivity index (χ2v) is 7.06. The summed E-state index contributed by atoms with van der Waals surface area (Å²) in [5.74, 6) is 0.694. The van der Waals surface area contributed by atoms with Gasteiger partial charge in [0, 0.05) is 13.1 Å². The predicted octanol–water partition coefficient (Wildman–Crippen LogP) is 0.660. The minimum absolute atomic E-state index is 0.0282. The maximum absolute atomic E-state index is 11.4. The van der Waals surface area contributed by atoms with Crippen LogP contribution in [0.15, 0.2) is 17.0 Å². The molecule has 0 spiro atoms. The molecule has 0 bridgehead atoms. The van der Waals surface area contributed by atoms with Crippen LogP contribution in [0.1, 0.15) is 11.1 Å². The van der Waals surface area contributed by atoms with Crippen LogP contribution in [0.5, 0.6) is 5.75 Å². The van der Waals surface area contributed by atoms with Gasteiger partial charge in [0.1, 0.15) is 18.5 Å². The average Bonchev–Trinajstić information content (AvgIpc) is 2.36. The number of hydrogen-bond donors (Lipinski definition) is 1. The van der Waals surface area contributed by atoms with Crippen molar-refractivity contribution < 1.29 is 17.9 Å². The molecule has 2 N–H and O–H groups in total. The van der Waals surface area contributed by atoms with Gasteiger partial charge in [-0.05, 0) is 44.2 Å². The first-order valence-corrected chi connectivity index (χ1v) is 8.39. The fraction of sp³-hybridized carbons (Fsp3) is 0.571. The van der Waals surface area contributed by atoms with Crippen LogP contribution in [0.25, 0.3) is 0 Å². The normalized spacial score (nSPS) is 20.5. The molecule has 2 rings (SSSR count). The Morgan fingerprint density at radius 2 is 2.00 bits per heavy atom. The van der Waals surface area contributed by atoms with Gasteiger partial charge in [0.25, 0.3) is 0 Å². The number of ether oxygens (including phenoxy) is 2. The van der Waals surface area contributed by atoms with Gasteiger partial charge in [-0.2, -0.15) is 0 Å². The van der Waals surface area contributed by atoms with Gasteiger partial charge in [0.05, 0.1) is 11.5 Å². The third-order valence-corrected chi connectivity index (χ3v) is 4.41. The summed E-state index contributed by atoms with van der Waals surface area (Å²) in [7, 11) is -1.65. The van der Waals surface area contributed by atoms with E-state index in [1.807, 2.05) is 20.9 Å². The highest BCUT2D eigenvalue weighted by Crippen LogP contribution is 2.26. The molecule has 0 radical (unpaired) electrons. The van der Waals surface area contributed by atoms with E-state index >= 15 is 0 Å². The fourth-order valence-corrected chi connectivity index (χ4v) is 3.13. The minimum atomic E-state index is -3.69. The van der Waals surface area contributed by atoms with E-state index in [1.165, 1.54) is 12.1 Å². The third-order valence-electron chi connectivity index (χ3n) is 3.52. The Bertz CT molecular complexity index is 592. The first kappa shape index (κ1) is 16.2. The molecule has 1 unspecified atom stereocenters. The standard InChI is InChI=1S/C14H22N2O4S/c1-10-6-13(21(15,17)18)7-11(2)14(10)20-9-12-8-16(3)4-5-19-12/h6-7,12H,4-5,8-9H2,1-3H3,(H2,15,17,18). The summed E-state index contributed by atoms with van der Waals surface area (Å²) in [5.41, 5.74) is 1.51. The lowest BCUT2D eigenvalue weighted by atomic mass is 10.1. The number of morpholine rings is 1. The second-order valence-electron chi connectivity index (χ2n) is 5.50. The summed E-state index contributed by atoms with van der Waals surface area (Å²) < 4.78 is 34.3. The number of nitrogens with zero attached hydrogens (tertiary/aromatic N) is 1. The monoisotopic (exact) mass is 314 g/mol. The quantitative estimate of drug-likeness (QED) is 0.883. The first-order chi connectivity index (χ1) is 9.77. The molecule has 1 aliphatic rings. The van der Waals surface area contributed by atoms with E-state index in [1.54, 1.807) is 0 Å². The van der Waals surface area contributed by atoms with Gasteiger partial charge in [-0.3, -0.25) is 0 Å². The van der Waals surface area contributed by atoms with Crippen molar-refractivity contribution in [1.29, 1.82) is 0 Å². The van der Waals surface area contributed by atoms with E-state index in [0.29, 0.717) is 19.0 Å². The molecule has 1 aromatic rings. The molecule has 1 aliphatic heterocycles. The van der Waals surface area contributed by atoms with Gasteiger partial charge in [-0.1, -0.05) is 0 Å². The van der Waals surface area contributed by atoms with E-state index < -0.39 is 10.0 Å². The van der Waals surface area contributed by atoms with E-state index in [-0.39, 0.29) is 11.0 Å². The highest BCUT2D eigenvalue weighted by atomic mass is 32.2. The number of primary sulfonamides is 1. The number of sulfonamides is 1. The Morgan fingerprint density at radius 3 is 2.52 bits per heavy atom. The van der Waals surface area contributed by atoms with Crippen molar-refractivity contribution in [2.45, 2.75) is 24.8 Å². The van der Waals surface area contributed by atoms with Crippen LogP contribution in [-0.4, -0.2) is 52.8 Å². The molecule has 0 aromatic heterocycles. The second kappa shape index (κ2) is 6.31. The van der Waals surface area contributed by atoms with E-state index in [9.17, 15) is 8.42 Å². The van der Waals surface area contributed by atoms with Gasteiger partial charge in [0.15, 0.2) is 0 Å². The Kier molecular flexibility index (Phi) is 4.88. The van der Waals surface area contributed by atoms with Crippen molar-refractivity contribution in [3.63, 3.8) is 0 Å². The highest BCUT2D eigenvalue weighted by molar-refractivity contribution is 7.89. The summed E-state index contributed by atoms with van der Waals surface area (Å²) in [5, 5.41) is 5.16. The van der Waals surface area contributed by atoms with E-state index in [4.69, 9.17) is 14.6 Å². The lowest BCUT2D eigenvalue weighted by Gasteiger charge is -2.30. The van der Waals surface area contributed by atoms with Crippen molar-refractivity contribution in [3.8, 4) is 5.75 Å². The van der Waals surface area contributed by atoms with E-state index in [0.717, 1.165) is 24.2 Å². The van der Waals surface area contributed by atoms with Gasteiger partial charge in [-0.25, -0.2) is 13.6 Å². The molecule has 1 aromatic carbocycles. The Morgan fingerprint density at radius 1 is 1.38 bits per heavy atom. The summed E-state index contributed by atoms with van der Waals surface area (Å²) >= 11 is 0. The first-order valence-electron chi connectivity index (χ1n) is 6.84. The topological polar surface area (TPSA) is 81.9 Å². The van der Waals surface area contributed by atoms with Gasteiger partial charge in [0.2, 0.25) is 10.0 Å². The van der Waals surface area contributed by atoms with Gasteiger partial charge < -0.3 is 14.4 Å². The number of aryl methyl sites for hydroxylation is 2. The maximum Gasteiger partial charge on any atom is 0.238 e. The van der Waals surface area contributed by atoms with Crippen LogP contribution >= 0.6 is 0 Å². The molecule has 1 saturated heterocycles. The molecule has 1 fully saturated rings. The molecule has 6 nitrogen and oxygen atoms in total. The molecule has 0 amide bonds. The van der Waals surface area contributed by atoms with Crippen LogP contribution in [0.3, 0.4) is 0 Å². The molecule has 0 saturated carbocycles. The molecule has 1 heterocycles. The molecule has 1 atom stereocenters. The Labute approximate surface area is 125 Å². The van der Waals surface area contributed by atoms with Crippen molar-refractivity contribution in [1.82, 2.24) is 4.90 Å². The summed E-state index contributed by atoms with van der Waals surface area (Å²) in [6.45, 7) is 6.52. The zero-order chi connectivity index (χ0) is 15.6. The van der Waals surface area contributed by atoms with E-state index in [2.05, 4.69) is 4.90 Å². The lowest BCUT2D eigenvalue weighted by molar-refractivity contribution is -0.0405. The largest absolute Gasteiger partial charge is 0.490 e. The molecular weight excluding hydrogens is 292 g/mol. The Hall–Kier alpha value is -1.15. The summed E-state index contributed by atoms with van der Waals surface area (Å²) in [6, 6.07) is 3.07. The molecule has 7 heteroatoms. The SMILES string of the molecule is Cc1cc(S(N)(=O)=O)cc(C)c1OCC1CN(C)CCO1. The average molecular weight is 314 g/mol. The van der Waals surface area contributed by atoms with Crippen LogP contribution in [-0.2, 0) is 14.8 Å². The number of rotatable bonds is 4. The number of nitrogens with two attached hydrogens (primary N) is 1.